The highest BCUT2D eigenvalue weighted by Crippen LogP contribution is 2.26. The maximum Gasteiger partial charge on any atom is 0.257 e. The molecule has 27 heavy (non-hydrogen) atoms. The van der Waals surface area contributed by atoms with Gasteiger partial charge in [-0.1, -0.05) is 49.0 Å². The first kappa shape index (κ1) is 17.3. The number of fused-ring (bicyclic) bond motifs is 1. The first-order valence-corrected chi connectivity index (χ1v) is 9.53. The van der Waals surface area contributed by atoms with Gasteiger partial charge in [0.2, 0.25) is 11.9 Å². The van der Waals surface area contributed by atoms with Crippen molar-refractivity contribution in [3.8, 4) is 0 Å². The first-order valence-electron chi connectivity index (χ1n) is 8.55. The fourth-order valence-electron chi connectivity index (χ4n) is 2.67. The molecule has 136 valence electrons. The number of aryl methyl sites for hydroxylation is 1. The summed E-state index contributed by atoms with van der Waals surface area (Å²) in [6, 6.07) is 15.7. The molecular formula is C19H18N6OS. The number of rotatable bonds is 6. The van der Waals surface area contributed by atoms with Gasteiger partial charge in [-0.3, -0.25) is 0 Å². The molecule has 0 fully saturated rings. The van der Waals surface area contributed by atoms with Crippen LogP contribution in [-0.2, 0) is 12.2 Å². The van der Waals surface area contributed by atoms with E-state index in [1.807, 2.05) is 42.5 Å². The summed E-state index contributed by atoms with van der Waals surface area (Å²) in [4.78, 5) is 17.3. The molecule has 0 amide bonds. The molecular weight excluding hydrogens is 360 g/mol. The molecule has 0 aliphatic rings. The zero-order valence-electron chi connectivity index (χ0n) is 14.7. The quantitative estimate of drug-likeness (QED) is 0.481. The van der Waals surface area contributed by atoms with Crippen molar-refractivity contribution in [1.29, 1.82) is 0 Å². The number of aromatic nitrogens is 4. The third-order valence-corrected chi connectivity index (χ3v) is 4.77. The molecule has 4 aromatic rings. The largest absolute Gasteiger partial charge is 0.431 e. The number of nitrogens with zero attached hydrogens (tertiary/aromatic N) is 4. The summed E-state index contributed by atoms with van der Waals surface area (Å²) in [5, 5.41) is 3.80. The number of para-hydroxylation sites is 3. The molecule has 2 aromatic carbocycles. The molecule has 0 bridgehead atoms. The van der Waals surface area contributed by atoms with Gasteiger partial charge in [0.1, 0.15) is 11.3 Å². The van der Waals surface area contributed by atoms with Crippen molar-refractivity contribution in [2.45, 2.75) is 24.3 Å². The van der Waals surface area contributed by atoms with E-state index in [1.54, 1.807) is 0 Å². The Morgan fingerprint density at radius 2 is 1.81 bits per heavy atom. The van der Waals surface area contributed by atoms with Crippen LogP contribution in [0.25, 0.3) is 11.1 Å². The van der Waals surface area contributed by atoms with Crippen LogP contribution >= 0.6 is 11.8 Å². The molecule has 2 aromatic heterocycles. The second-order valence-electron chi connectivity index (χ2n) is 5.81. The van der Waals surface area contributed by atoms with Crippen LogP contribution < -0.4 is 11.1 Å². The minimum Gasteiger partial charge on any atom is -0.431 e. The van der Waals surface area contributed by atoms with Crippen LogP contribution in [0.2, 0.25) is 0 Å². The molecule has 0 aliphatic carbocycles. The van der Waals surface area contributed by atoms with Crippen LogP contribution in [0.3, 0.4) is 0 Å². The smallest absolute Gasteiger partial charge is 0.257 e. The van der Waals surface area contributed by atoms with Gasteiger partial charge >= 0.3 is 0 Å². The lowest BCUT2D eigenvalue weighted by Crippen LogP contribution is -2.07. The molecule has 0 spiro atoms. The predicted molar refractivity (Wildman–Crippen MR) is 107 cm³/mol. The summed E-state index contributed by atoms with van der Waals surface area (Å²) in [5.41, 5.74) is 9.59. The molecule has 7 nitrogen and oxygen atoms in total. The minimum absolute atomic E-state index is 0.176. The van der Waals surface area contributed by atoms with Crippen LogP contribution in [0, 0.1) is 0 Å². The second kappa shape index (κ2) is 7.63. The normalized spacial score (nSPS) is 11.0. The minimum atomic E-state index is 0.176. The fourth-order valence-corrected chi connectivity index (χ4v) is 3.36. The Morgan fingerprint density at radius 1 is 1.00 bits per heavy atom. The van der Waals surface area contributed by atoms with Gasteiger partial charge < -0.3 is 15.5 Å². The van der Waals surface area contributed by atoms with Crippen LogP contribution in [0.4, 0.5) is 17.6 Å². The third kappa shape index (κ3) is 4.01. The van der Waals surface area contributed by atoms with Crippen molar-refractivity contribution in [2.24, 2.45) is 0 Å². The van der Waals surface area contributed by atoms with Crippen molar-refractivity contribution >= 4 is 40.4 Å². The van der Waals surface area contributed by atoms with Gasteiger partial charge in [-0.05, 0) is 30.2 Å². The standard InChI is InChI=1S/C19H18N6OS/c1-2-12-7-3-4-8-13(12)21-18-24-16(23-17(20)25-18)11-27-19-22-14-9-5-6-10-15(14)26-19/h3-10H,2,11H2,1H3,(H3,20,21,23,24,25). The van der Waals surface area contributed by atoms with Gasteiger partial charge in [0, 0.05) is 5.69 Å². The monoisotopic (exact) mass is 378 g/mol. The summed E-state index contributed by atoms with van der Waals surface area (Å²) in [7, 11) is 0. The highest BCUT2D eigenvalue weighted by atomic mass is 32.2. The van der Waals surface area contributed by atoms with Gasteiger partial charge in [0.25, 0.3) is 5.22 Å². The van der Waals surface area contributed by atoms with E-state index < -0.39 is 0 Å². The summed E-state index contributed by atoms with van der Waals surface area (Å²) < 4.78 is 5.71. The van der Waals surface area contributed by atoms with E-state index >= 15 is 0 Å². The number of anilines is 3. The molecule has 0 radical (unpaired) electrons. The molecule has 3 N–H and O–H groups in total. The molecule has 0 unspecified atom stereocenters. The summed E-state index contributed by atoms with van der Waals surface area (Å²) >= 11 is 1.42. The van der Waals surface area contributed by atoms with E-state index in [-0.39, 0.29) is 5.95 Å². The van der Waals surface area contributed by atoms with Crippen molar-refractivity contribution in [3.63, 3.8) is 0 Å². The van der Waals surface area contributed by atoms with Gasteiger partial charge in [0.05, 0.1) is 5.75 Å². The van der Waals surface area contributed by atoms with E-state index in [1.165, 1.54) is 17.3 Å². The third-order valence-electron chi connectivity index (χ3n) is 3.94. The first-order chi connectivity index (χ1) is 13.2. The zero-order valence-corrected chi connectivity index (χ0v) is 15.5. The topological polar surface area (TPSA) is 103 Å². The number of thioether (sulfide) groups is 1. The second-order valence-corrected chi connectivity index (χ2v) is 6.73. The van der Waals surface area contributed by atoms with Gasteiger partial charge in [-0.25, -0.2) is 4.98 Å². The molecule has 0 saturated heterocycles. The summed E-state index contributed by atoms with van der Waals surface area (Å²) in [6.45, 7) is 2.10. The number of hydrogen-bond donors (Lipinski definition) is 2. The number of nitrogens with one attached hydrogen (secondary N) is 1. The Balaban J connectivity index is 1.51. The maximum absolute atomic E-state index is 5.86. The average molecular weight is 378 g/mol. The predicted octanol–water partition coefficient (Wildman–Crippen LogP) is 4.19. The Hall–Kier alpha value is -3.13. The lowest BCUT2D eigenvalue weighted by atomic mass is 10.1. The van der Waals surface area contributed by atoms with Crippen LogP contribution in [0.5, 0.6) is 0 Å². The number of nitrogen functional groups attached to an aromatic ring is 1. The van der Waals surface area contributed by atoms with Crippen molar-refractivity contribution in [2.75, 3.05) is 11.1 Å². The molecule has 0 atom stereocenters. The van der Waals surface area contributed by atoms with Crippen molar-refractivity contribution < 1.29 is 4.42 Å². The zero-order chi connectivity index (χ0) is 18.6. The number of hydrogen-bond acceptors (Lipinski definition) is 8. The SMILES string of the molecule is CCc1ccccc1Nc1nc(N)nc(CSc2nc3ccccc3o2)n1. The highest BCUT2D eigenvalue weighted by molar-refractivity contribution is 7.98. The lowest BCUT2D eigenvalue weighted by Gasteiger charge is -2.10. The van der Waals surface area contributed by atoms with E-state index in [2.05, 4.69) is 38.2 Å². The molecule has 0 aliphatic heterocycles. The number of oxazole rings is 1. The highest BCUT2D eigenvalue weighted by Gasteiger charge is 2.10. The van der Waals surface area contributed by atoms with E-state index in [9.17, 15) is 0 Å². The Kier molecular flexibility index (Phi) is 4.88. The van der Waals surface area contributed by atoms with Gasteiger partial charge in [-0.2, -0.15) is 15.0 Å². The number of benzene rings is 2. The summed E-state index contributed by atoms with van der Waals surface area (Å²) in [5.74, 6) is 1.64. The lowest BCUT2D eigenvalue weighted by molar-refractivity contribution is 0.489. The van der Waals surface area contributed by atoms with Gasteiger partial charge in [-0.15, -0.1) is 0 Å². The van der Waals surface area contributed by atoms with Crippen molar-refractivity contribution in [1.82, 2.24) is 19.9 Å². The van der Waals surface area contributed by atoms with Crippen molar-refractivity contribution in [3.05, 3.63) is 59.9 Å². The molecule has 0 saturated carbocycles. The fraction of sp³-hybridized carbons (Fsp3) is 0.158. The van der Waals surface area contributed by atoms with Crippen LogP contribution in [-0.4, -0.2) is 19.9 Å². The Labute approximate surface area is 160 Å². The van der Waals surface area contributed by atoms with Gasteiger partial charge in [0.15, 0.2) is 5.58 Å². The average Bonchev–Trinajstić information content (AvgIpc) is 3.09. The number of nitrogens with two attached hydrogens (primary N) is 1. The Bertz CT molecular complexity index is 1050. The van der Waals surface area contributed by atoms with Crippen LogP contribution in [0.1, 0.15) is 18.3 Å². The molecule has 8 heteroatoms. The van der Waals surface area contributed by atoms with Crippen LogP contribution in [0.15, 0.2) is 58.2 Å². The van der Waals surface area contributed by atoms with E-state index in [4.69, 9.17) is 10.2 Å². The maximum atomic E-state index is 5.86. The van der Waals surface area contributed by atoms with E-state index in [0.717, 1.165) is 23.2 Å². The van der Waals surface area contributed by atoms with E-state index in [0.29, 0.717) is 22.7 Å². The Morgan fingerprint density at radius 3 is 2.67 bits per heavy atom. The summed E-state index contributed by atoms with van der Waals surface area (Å²) in [6.07, 6.45) is 0.907. The molecule has 2 heterocycles. The molecule has 4 rings (SSSR count).